The van der Waals surface area contributed by atoms with Gasteiger partial charge in [-0.3, -0.25) is 9.52 Å². The molecule has 2 aromatic rings. The van der Waals surface area contributed by atoms with Gasteiger partial charge in [0.2, 0.25) is 0 Å². The lowest BCUT2D eigenvalue weighted by Crippen LogP contribution is -2.12. The summed E-state index contributed by atoms with van der Waals surface area (Å²) in [6.07, 6.45) is 0. The summed E-state index contributed by atoms with van der Waals surface area (Å²) in [5.41, 5.74) is 0.510. The predicted octanol–water partition coefficient (Wildman–Crippen LogP) is 3.11. The highest BCUT2D eigenvalue weighted by molar-refractivity contribution is 7.93. The van der Waals surface area contributed by atoms with Crippen LogP contribution in [-0.4, -0.2) is 19.2 Å². The molecule has 106 valence electrons. The largest absolute Gasteiger partial charge is 0.294 e. The van der Waals surface area contributed by atoms with E-state index in [1.54, 1.807) is 6.92 Å². The fourth-order valence-electron chi connectivity index (χ4n) is 1.55. The maximum absolute atomic E-state index is 12.1. The van der Waals surface area contributed by atoms with Crippen molar-refractivity contribution in [3.63, 3.8) is 0 Å². The first-order valence-electron chi connectivity index (χ1n) is 5.56. The van der Waals surface area contributed by atoms with Gasteiger partial charge in [-0.2, -0.15) is 0 Å². The first-order chi connectivity index (χ1) is 9.29. The molecule has 0 saturated heterocycles. The molecule has 1 heterocycles. The van der Waals surface area contributed by atoms with Crippen molar-refractivity contribution in [3.05, 3.63) is 39.9 Å². The number of aromatic nitrogens is 1. The number of benzene rings is 1. The number of anilines is 1. The molecular weight excluding hydrogens is 320 g/mol. The van der Waals surface area contributed by atoms with Gasteiger partial charge in [0.05, 0.1) is 15.5 Å². The second kappa shape index (κ2) is 5.51. The van der Waals surface area contributed by atoms with Gasteiger partial charge in [-0.1, -0.05) is 22.9 Å². The normalized spacial score (nSPS) is 11.3. The zero-order valence-corrected chi connectivity index (χ0v) is 13.1. The van der Waals surface area contributed by atoms with Gasteiger partial charge in [0, 0.05) is 11.9 Å². The topological polar surface area (TPSA) is 76.1 Å². The molecule has 5 nitrogen and oxygen atoms in total. The number of thiazole rings is 1. The zero-order chi connectivity index (χ0) is 14.9. The third-order valence-electron chi connectivity index (χ3n) is 2.46. The van der Waals surface area contributed by atoms with Crippen LogP contribution in [0.2, 0.25) is 5.02 Å². The summed E-state index contributed by atoms with van der Waals surface area (Å²) in [5, 5.41) is 0.621. The minimum atomic E-state index is -3.73. The number of ketones is 1. The van der Waals surface area contributed by atoms with E-state index < -0.39 is 10.0 Å². The van der Waals surface area contributed by atoms with Crippen molar-refractivity contribution in [1.29, 1.82) is 0 Å². The zero-order valence-electron chi connectivity index (χ0n) is 10.7. The molecule has 0 radical (unpaired) electrons. The minimum Gasteiger partial charge on any atom is -0.294 e. The van der Waals surface area contributed by atoms with E-state index >= 15 is 0 Å². The van der Waals surface area contributed by atoms with Crippen molar-refractivity contribution in [2.45, 2.75) is 18.7 Å². The molecule has 0 aliphatic rings. The molecule has 0 fully saturated rings. The molecule has 1 aromatic carbocycles. The van der Waals surface area contributed by atoms with Crippen LogP contribution in [0, 0.1) is 6.92 Å². The van der Waals surface area contributed by atoms with E-state index in [2.05, 4.69) is 9.71 Å². The Morgan fingerprint density at radius 3 is 2.40 bits per heavy atom. The highest BCUT2D eigenvalue weighted by Crippen LogP contribution is 2.25. The van der Waals surface area contributed by atoms with Crippen molar-refractivity contribution < 1.29 is 13.2 Å². The summed E-state index contributed by atoms with van der Waals surface area (Å²) in [4.78, 5) is 15.9. The Morgan fingerprint density at radius 1 is 1.30 bits per heavy atom. The van der Waals surface area contributed by atoms with Crippen LogP contribution in [0.15, 0.2) is 29.2 Å². The van der Waals surface area contributed by atoms with Crippen molar-refractivity contribution in [2.24, 2.45) is 0 Å². The van der Waals surface area contributed by atoms with Crippen molar-refractivity contribution >= 4 is 43.9 Å². The van der Waals surface area contributed by atoms with E-state index in [-0.39, 0.29) is 15.8 Å². The van der Waals surface area contributed by atoms with Crippen LogP contribution >= 0.6 is 22.9 Å². The number of nitrogens with zero attached hydrogens (tertiary/aromatic N) is 1. The summed E-state index contributed by atoms with van der Waals surface area (Å²) >= 11 is 6.73. The van der Waals surface area contributed by atoms with E-state index in [9.17, 15) is 13.2 Å². The molecule has 0 atom stereocenters. The summed E-state index contributed by atoms with van der Waals surface area (Å²) < 4.78 is 26.6. The van der Waals surface area contributed by atoms with Crippen LogP contribution in [0.25, 0.3) is 0 Å². The Kier molecular flexibility index (Phi) is 4.12. The van der Waals surface area contributed by atoms with Gasteiger partial charge >= 0.3 is 0 Å². The van der Waals surface area contributed by atoms with Crippen molar-refractivity contribution in [2.75, 3.05) is 4.72 Å². The monoisotopic (exact) mass is 330 g/mol. The van der Waals surface area contributed by atoms with E-state index in [0.717, 1.165) is 11.3 Å². The number of carbonyl (C=O) groups is 1. The van der Waals surface area contributed by atoms with Gasteiger partial charge in [0.1, 0.15) is 0 Å². The average molecular weight is 331 g/mol. The fourth-order valence-corrected chi connectivity index (χ4v) is 3.78. The summed E-state index contributed by atoms with van der Waals surface area (Å²) in [6.45, 7) is 3.07. The first kappa shape index (κ1) is 15.0. The molecule has 0 amide bonds. The number of nitrogens with one attached hydrogen (secondary N) is 1. The second-order valence-electron chi connectivity index (χ2n) is 4.05. The van der Waals surface area contributed by atoms with Gasteiger partial charge in [0.25, 0.3) is 10.0 Å². The van der Waals surface area contributed by atoms with Crippen LogP contribution < -0.4 is 4.72 Å². The van der Waals surface area contributed by atoms with Crippen LogP contribution in [0.1, 0.15) is 22.3 Å². The van der Waals surface area contributed by atoms with Crippen LogP contribution in [0.5, 0.6) is 0 Å². The van der Waals surface area contributed by atoms with Gasteiger partial charge in [-0.15, -0.1) is 0 Å². The standard InChI is InChI=1S/C12H11ClN2O3S2/c1-7-11(8(2)16)19-12(14-7)15-20(17,18)10-5-3-9(13)4-6-10/h3-6H,1-2H3,(H,14,15). The third-order valence-corrected chi connectivity index (χ3v) is 5.37. The molecule has 8 heteroatoms. The summed E-state index contributed by atoms with van der Waals surface area (Å²) in [5.74, 6) is -0.142. The van der Waals surface area contributed by atoms with Crippen molar-refractivity contribution in [3.8, 4) is 0 Å². The molecule has 2 rings (SSSR count). The molecule has 20 heavy (non-hydrogen) atoms. The minimum absolute atomic E-state index is 0.0825. The third kappa shape index (κ3) is 3.17. The first-order valence-corrected chi connectivity index (χ1v) is 8.24. The number of hydrogen-bond donors (Lipinski definition) is 1. The van der Waals surface area contributed by atoms with Gasteiger partial charge in [0.15, 0.2) is 10.9 Å². The fraction of sp³-hybridized carbons (Fsp3) is 0.167. The quantitative estimate of drug-likeness (QED) is 0.874. The second-order valence-corrected chi connectivity index (χ2v) is 7.17. The summed E-state index contributed by atoms with van der Waals surface area (Å²) in [6, 6.07) is 5.78. The van der Waals surface area contributed by atoms with Crippen LogP contribution in [0.3, 0.4) is 0 Å². The molecule has 0 spiro atoms. The van der Waals surface area contributed by atoms with Crippen LogP contribution in [-0.2, 0) is 10.0 Å². The van der Waals surface area contributed by atoms with E-state index in [4.69, 9.17) is 11.6 Å². The molecule has 0 unspecified atom stereocenters. The Hall–Kier alpha value is -1.44. The highest BCUT2D eigenvalue weighted by atomic mass is 35.5. The number of rotatable bonds is 4. The number of aryl methyl sites for hydroxylation is 1. The molecule has 0 saturated carbocycles. The van der Waals surface area contributed by atoms with E-state index in [0.29, 0.717) is 15.6 Å². The predicted molar refractivity (Wildman–Crippen MR) is 79.1 cm³/mol. The van der Waals surface area contributed by atoms with Crippen molar-refractivity contribution in [1.82, 2.24) is 4.98 Å². The average Bonchev–Trinajstić information content (AvgIpc) is 2.70. The molecule has 0 bridgehead atoms. The van der Waals surface area contributed by atoms with E-state index in [1.165, 1.54) is 31.2 Å². The molecule has 0 aliphatic heterocycles. The number of sulfonamides is 1. The molecule has 1 aromatic heterocycles. The smallest absolute Gasteiger partial charge is 0.263 e. The van der Waals surface area contributed by atoms with Crippen LogP contribution in [0.4, 0.5) is 5.13 Å². The lowest BCUT2D eigenvalue weighted by molar-refractivity contribution is 0.102. The number of Topliss-reactive ketones (excluding diaryl/α,β-unsaturated/α-hetero) is 1. The highest BCUT2D eigenvalue weighted by Gasteiger charge is 2.18. The maximum atomic E-state index is 12.1. The molecule has 0 aliphatic carbocycles. The summed E-state index contributed by atoms with van der Waals surface area (Å²) in [7, 11) is -3.73. The Bertz CT molecular complexity index is 752. The lowest BCUT2D eigenvalue weighted by Gasteiger charge is -2.04. The maximum Gasteiger partial charge on any atom is 0.263 e. The Balaban J connectivity index is 2.31. The Morgan fingerprint density at radius 2 is 1.90 bits per heavy atom. The van der Waals surface area contributed by atoms with Gasteiger partial charge in [-0.25, -0.2) is 13.4 Å². The SMILES string of the molecule is CC(=O)c1sc(NS(=O)(=O)c2ccc(Cl)cc2)nc1C. The molecule has 1 N–H and O–H groups in total. The Labute approximate surface area is 125 Å². The number of carbonyl (C=O) groups excluding carboxylic acids is 1. The molecular formula is C12H11ClN2O3S2. The van der Waals surface area contributed by atoms with Gasteiger partial charge < -0.3 is 0 Å². The number of hydrogen-bond acceptors (Lipinski definition) is 5. The van der Waals surface area contributed by atoms with E-state index in [1.807, 2.05) is 0 Å². The van der Waals surface area contributed by atoms with Gasteiger partial charge in [-0.05, 0) is 31.2 Å². The number of halogens is 1. The lowest BCUT2D eigenvalue weighted by atomic mass is 10.3.